The Labute approximate surface area is 142 Å². The van der Waals surface area contributed by atoms with E-state index in [1.807, 2.05) is 47.2 Å². The molecule has 0 fully saturated rings. The Morgan fingerprint density at radius 2 is 2.17 bits per heavy atom. The number of aliphatic hydroxyl groups excluding tert-OH is 1. The fourth-order valence-electron chi connectivity index (χ4n) is 2.29. The van der Waals surface area contributed by atoms with Gasteiger partial charge in [0, 0.05) is 11.2 Å². The third kappa shape index (κ3) is 3.97. The Kier molecular flexibility index (Phi) is 5.40. The van der Waals surface area contributed by atoms with Crippen molar-refractivity contribution in [3.63, 3.8) is 0 Å². The number of carbonyl (C=O) groups is 1. The first-order valence-corrected chi connectivity index (χ1v) is 9.05. The number of ether oxygens (including phenoxy) is 1. The Balaban J connectivity index is 1.66. The van der Waals surface area contributed by atoms with Gasteiger partial charge in [-0.05, 0) is 39.9 Å². The fourth-order valence-corrected chi connectivity index (χ4v) is 3.97. The van der Waals surface area contributed by atoms with Gasteiger partial charge < -0.3 is 15.2 Å². The van der Waals surface area contributed by atoms with E-state index in [-0.39, 0.29) is 25.2 Å². The molecule has 0 bridgehead atoms. The van der Waals surface area contributed by atoms with Crippen molar-refractivity contribution in [3.8, 4) is 0 Å². The van der Waals surface area contributed by atoms with Crippen LogP contribution in [0.5, 0.6) is 0 Å². The SMILES string of the molecule is O=C(NC[C@H](OCCO)c1ccsc1)c1cc2ccccc2s1. The van der Waals surface area contributed by atoms with Crippen LogP contribution in [-0.4, -0.2) is 30.8 Å². The number of fused-ring (bicyclic) bond motifs is 1. The summed E-state index contributed by atoms with van der Waals surface area (Å²) in [5, 5.41) is 16.9. The molecule has 1 amide bonds. The third-order valence-corrected chi connectivity index (χ3v) is 5.24. The van der Waals surface area contributed by atoms with Crippen LogP contribution < -0.4 is 5.32 Å². The van der Waals surface area contributed by atoms with Gasteiger partial charge in [-0.25, -0.2) is 0 Å². The first-order valence-electron chi connectivity index (χ1n) is 7.29. The molecule has 6 heteroatoms. The lowest BCUT2D eigenvalue weighted by Gasteiger charge is -2.17. The summed E-state index contributed by atoms with van der Waals surface area (Å²) >= 11 is 3.06. The molecule has 0 aliphatic rings. The van der Waals surface area contributed by atoms with Crippen molar-refractivity contribution < 1.29 is 14.6 Å². The maximum atomic E-state index is 12.4. The molecule has 3 aromatic rings. The molecule has 0 saturated carbocycles. The molecule has 0 unspecified atom stereocenters. The number of nitrogens with one attached hydrogen (secondary N) is 1. The zero-order chi connectivity index (χ0) is 16.1. The topological polar surface area (TPSA) is 58.6 Å². The van der Waals surface area contributed by atoms with E-state index < -0.39 is 0 Å². The normalized spacial score (nSPS) is 12.4. The maximum absolute atomic E-state index is 12.4. The smallest absolute Gasteiger partial charge is 0.261 e. The molecule has 120 valence electrons. The zero-order valence-electron chi connectivity index (χ0n) is 12.4. The van der Waals surface area contributed by atoms with Gasteiger partial charge in [-0.15, -0.1) is 11.3 Å². The lowest BCUT2D eigenvalue weighted by atomic mass is 10.2. The first-order chi connectivity index (χ1) is 11.3. The van der Waals surface area contributed by atoms with E-state index in [2.05, 4.69) is 5.32 Å². The quantitative estimate of drug-likeness (QED) is 0.688. The summed E-state index contributed by atoms with van der Waals surface area (Å²) in [6.45, 7) is 0.591. The lowest BCUT2D eigenvalue weighted by Crippen LogP contribution is -2.29. The van der Waals surface area contributed by atoms with E-state index in [9.17, 15) is 4.79 Å². The van der Waals surface area contributed by atoms with Gasteiger partial charge in [0.05, 0.1) is 18.1 Å². The van der Waals surface area contributed by atoms with Crippen molar-refractivity contribution in [3.05, 3.63) is 57.6 Å². The van der Waals surface area contributed by atoms with Crippen LogP contribution in [0.2, 0.25) is 0 Å². The minimum absolute atomic E-state index is 0.0368. The second-order valence-electron chi connectivity index (χ2n) is 5.00. The highest BCUT2D eigenvalue weighted by Crippen LogP contribution is 2.25. The molecule has 1 aromatic carbocycles. The molecule has 3 rings (SSSR count). The van der Waals surface area contributed by atoms with Gasteiger partial charge in [0.25, 0.3) is 5.91 Å². The van der Waals surface area contributed by atoms with Gasteiger partial charge in [-0.2, -0.15) is 11.3 Å². The van der Waals surface area contributed by atoms with Gasteiger partial charge in [0.2, 0.25) is 0 Å². The van der Waals surface area contributed by atoms with Crippen LogP contribution in [0.1, 0.15) is 21.3 Å². The average molecular weight is 347 g/mol. The first kappa shape index (κ1) is 16.1. The highest BCUT2D eigenvalue weighted by molar-refractivity contribution is 7.20. The van der Waals surface area contributed by atoms with Crippen molar-refractivity contribution >= 4 is 38.7 Å². The molecule has 2 heterocycles. The number of aliphatic hydroxyl groups is 1. The van der Waals surface area contributed by atoms with E-state index in [1.165, 1.54) is 11.3 Å². The highest BCUT2D eigenvalue weighted by atomic mass is 32.1. The molecule has 0 spiro atoms. The Morgan fingerprint density at radius 1 is 1.30 bits per heavy atom. The summed E-state index contributed by atoms with van der Waals surface area (Å²) in [5.41, 5.74) is 1.01. The number of thiophene rings is 2. The molecule has 4 nitrogen and oxygen atoms in total. The van der Waals surface area contributed by atoms with Gasteiger partial charge in [0.1, 0.15) is 6.10 Å². The summed E-state index contributed by atoms with van der Waals surface area (Å²) in [6.07, 6.45) is -0.244. The average Bonchev–Trinajstić information content (AvgIpc) is 3.24. The van der Waals surface area contributed by atoms with Gasteiger partial charge in [-0.3, -0.25) is 4.79 Å². The van der Waals surface area contributed by atoms with Crippen molar-refractivity contribution in [1.29, 1.82) is 0 Å². The summed E-state index contributed by atoms with van der Waals surface area (Å²) in [5.74, 6) is -0.0981. The molecule has 0 aliphatic heterocycles. The molecule has 23 heavy (non-hydrogen) atoms. The van der Waals surface area contributed by atoms with Crippen molar-refractivity contribution in [2.45, 2.75) is 6.10 Å². The van der Waals surface area contributed by atoms with E-state index >= 15 is 0 Å². The predicted molar refractivity (Wildman–Crippen MR) is 94.3 cm³/mol. The summed E-state index contributed by atoms with van der Waals surface area (Å²) < 4.78 is 6.73. The third-order valence-electron chi connectivity index (χ3n) is 3.42. The van der Waals surface area contributed by atoms with E-state index in [1.54, 1.807) is 11.3 Å². The molecule has 1 atom stereocenters. The van der Waals surface area contributed by atoms with Crippen LogP contribution >= 0.6 is 22.7 Å². The van der Waals surface area contributed by atoms with E-state index in [4.69, 9.17) is 9.84 Å². The van der Waals surface area contributed by atoms with Crippen LogP contribution in [-0.2, 0) is 4.74 Å². The van der Waals surface area contributed by atoms with Gasteiger partial charge in [0.15, 0.2) is 0 Å². The lowest BCUT2D eigenvalue weighted by molar-refractivity contribution is 0.0280. The summed E-state index contributed by atoms with van der Waals surface area (Å²) in [7, 11) is 0. The molecule has 2 aromatic heterocycles. The highest BCUT2D eigenvalue weighted by Gasteiger charge is 2.16. The number of hydrogen-bond donors (Lipinski definition) is 2. The Bertz CT molecular complexity index is 734. The molecule has 0 saturated heterocycles. The van der Waals surface area contributed by atoms with Crippen LogP contribution in [0.15, 0.2) is 47.2 Å². The van der Waals surface area contributed by atoms with E-state index in [0.717, 1.165) is 15.6 Å². The molecule has 0 aliphatic carbocycles. The van der Waals surface area contributed by atoms with Gasteiger partial charge >= 0.3 is 0 Å². The van der Waals surface area contributed by atoms with Crippen molar-refractivity contribution in [2.75, 3.05) is 19.8 Å². The molecule has 0 radical (unpaired) electrons. The second-order valence-corrected chi connectivity index (χ2v) is 6.86. The van der Waals surface area contributed by atoms with E-state index in [0.29, 0.717) is 11.4 Å². The number of hydrogen-bond acceptors (Lipinski definition) is 5. The van der Waals surface area contributed by atoms with Crippen LogP contribution in [0.25, 0.3) is 10.1 Å². The number of benzene rings is 1. The zero-order valence-corrected chi connectivity index (χ0v) is 14.0. The Hall–Kier alpha value is -1.73. The largest absolute Gasteiger partial charge is 0.394 e. The molecular weight excluding hydrogens is 330 g/mol. The van der Waals surface area contributed by atoms with Crippen molar-refractivity contribution in [1.82, 2.24) is 5.32 Å². The predicted octanol–water partition coefficient (Wildman–Crippen LogP) is 3.44. The minimum Gasteiger partial charge on any atom is -0.394 e. The molecular formula is C17H17NO3S2. The number of amides is 1. The standard InChI is InChI=1S/C17H17NO3S2/c19-6-7-21-14(13-5-8-22-11-13)10-18-17(20)16-9-12-3-1-2-4-15(12)23-16/h1-5,8-9,11,14,19H,6-7,10H2,(H,18,20)/t14-/m0/s1. The minimum atomic E-state index is -0.244. The fraction of sp³-hybridized carbons (Fsp3) is 0.235. The van der Waals surface area contributed by atoms with Crippen LogP contribution in [0.4, 0.5) is 0 Å². The Morgan fingerprint density at radius 3 is 2.91 bits per heavy atom. The van der Waals surface area contributed by atoms with Crippen molar-refractivity contribution in [2.24, 2.45) is 0 Å². The maximum Gasteiger partial charge on any atom is 0.261 e. The number of carbonyl (C=O) groups excluding carboxylic acids is 1. The van der Waals surface area contributed by atoms with Crippen LogP contribution in [0, 0.1) is 0 Å². The van der Waals surface area contributed by atoms with Crippen LogP contribution in [0.3, 0.4) is 0 Å². The summed E-state index contributed by atoms with van der Waals surface area (Å²) in [4.78, 5) is 13.1. The second kappa shape index (κ2) is 7.70. The molecule has 2 N–H and O–H groups in total. The number of rotatable bonds is 7. The summed E-state index contributed by atoms with van der Waals surface area (Å²) in [6, 6.07) is 11.8. The monoisotopic (exact) mass is 347 g/mol. The van der Waals surface area contributed by atoms with Gasteiger partial charge in [-0.1, -0.05) is 18.2 Å².